The number of aliphatic hydroxyl groups excluding tert-OH is 1. The highest BCUT2D eigenvalue weighted by Gasteiger charge is 2.33. The van der Waals surface area contributed by atoms with Crippen LogP contribution in [0.25, 0.3) is 10.9 Å². The van der Waals surface area contributed by atoms with Crippen molar-refractivity contribution in [2.45, 2.75) is 89.9 Å². The summed E-state index contributed by atoms with van der Waals surface area (Å²) in [6.07, 6.45) is 3.29. The molecular weight excluding hydrogens is 662 g/mol. The molecule has 0 radical (unpaired) electrons. The third kappa shape index (κ3) is 12.4. The molecule has 5 atom stereocenters. The number of para-hydroxylation sites is 1. The van der Waals surface area contributed by atoms with Gasteiger partial charge in [-0.3, -0.25) is 29.0 Å². The van der Waals surface area contributed by atoms with E-state index in [1.54, 1.807) is 20.0 Å². The van der Waals surface area contributed by atoms with Crippen LogP contribution in [0.4, 0.5) is 0 Å². The Balaban J connectivity index is 1.88. The molecule has 51 heavy (non-hydrogen) atoms. The van der Waals surface area contributed by atoms with Crippen molar-refractivity contribution in [2.75, 3.05) is 6.54 Å². The number of carbonyl (C=O) groups excluding carboxylic acids is 5. The summed E-state index contributed by atoms with van der Waals surface area (Å²) in [5.41, 5.74) is 12.8. The van der Waals surface area contributed by atoms with Gasteiger partial charge in [0.25, 0.3) is 0 Å². The lowest BCUT2D eigenvalue weighted by atomic mass is 9.99. The van der Waals surface area contributed by atoms with Crippen molar-refractivity contribution in [3.8, 4) is 0 Å². The highest BCUT2D eigenvalue weighted by atomic mass is 16.5. The number of benzene rings is 1. The van der Waals surface area contributed by atoms with E-state index in [2.05, 4.69) is 46.5 Å². The lowest BCUT2D eigenvalue weighted by Gasteiger charge is -2.28. The number of aliphatic hydroxyl groups is 2. The summed E-state index contributed by atoms with van der Waals surface area (Å²) in [5, 5.41) is 33.1. The Morgan fingerprint density at radius 3 is 2.12 bits per heavy atom. The first-order chi connectivity index (χ1) is 24.2. The summed E-state index contributed by atoms with van der Waals surface area (Å²) in [4.78, 5) is 80.4. The fourth-order valence-corrected chi connectivity index (χ4v) is 5.30. The molecule has 0 aliphatic rings. The average Bonchev–Trinajstić information content (AvgIpc) is 3.73. The van der Waals surface area contributed by atoms with Crippen molar-refractivity contribution in [3.05, 3.63) is 54.2 Å². The van der Waals surface area contributed by atoms with Crippen LogP contribution in [0, 0.1) is 5.92 Å². The molecule has 0 aliphatic carbocycles. The smallest absolute Gasteiger partial charge is 0.243 e. The zero-order valence-corrected chi connectivity index (χ0v) is 29.1. The maximum Gasteiger partial charge on any atom is 0.243 e. The Hall–Kier alpha value is -5.49. The van der Waals surface area contributed by atoms with E-state index in [4.69, 9.17) is 11.5 Å². The van der Waals surface area contributed by atoms with Gasteiger partial charge < -0.3 is 58.2 Å². The molecule has 1 aromatic carbocycles. The minimum absolute atomic E-state index is 0.00378. The van der Waals surface area contributed by atoms with Gasteiger partial charge in [0, 0.05) is 55.3 Å². The molecule has 0 unspecified atom stereocenters. The van der Waals surface area contributed by atoms with Crippen molar-refractivity contribution in [1.29, 1.82) is 0 Å². The van der Waals surface area contributed by atoms with E-state index in [9.17, 15) is 34.2 Å². The number of fused-ring (bicyclic) bond motifs is 1. The number of aliphatic imine (C=N–C) groups is 1. The summed E-state index contributed by atoms with van der Waals surface area (Å²) in [6.45, 7) is 6.31. The van der Waals surface area contributed by atoms with Crippen LogP contribution in [0.3, 0.4) is 0 Å². The normalized spacial score (nSPS) is 14.2. The van der Waals surface area contributed by atoms with Crippen molar-refractivity contribution in [3.63, 3.8) is 0 Å². The standard InChI is InChI=1S/C33H49N11O7/c1-17(2)27(44-28(46)24(41-19(4)45)10-7-11-37-33(34)35)31(49)43-25(12-20-14-38-23-9-6-5-8-22(20)23)30(48)42-26(13-21-15-36-16-39-21)29(47)40-18(3)32(50)51/h5-6,8-9,14-18,24-27,32,38,50-51H,7,10-13H2,1-4H3,(H,36,39)(H,40,47)(H,41,45)(H,42,48)(H,43,49)(H,44,46)(H4,34,35,37)/t18-,24-,25-,26-,27-/m0/s1. The Kier molecular flexibility index (Phi) is 14.9. The zero-order chi connectivity index (χ0) is 37.7. The van der Waals surface area contributed by atoms with Crippen LogP contribution < -0.4 is 38.1 Å². The van der Waals surface area contributed by atoms with Crippen LogP contribution in [0.2, 0.25) is 0 Å². The molecule has 278 valence electrons. The minimum atomic E-state index is -1.85. The van der Waals surface area contributed by atoms with Crippen LogP contribution in [-0.4, -0.2) is 104 Å². The van der Waals surface area contributed by atoms with Gasteiger partial charge in [0.2, 0.25) is 29.5 Å². The molecular formula is C33H49N11O7. The van der Waals surface area contributed by atoms with Crippen LogP contribution >= 0.6 is 0 Å². The molecule has 18 heteroatoms. The van der Waals surface area contributed by atoms with Crippen molar-refractivity contribution >= 4 is 46.4 Å². The van der Waals surface area contributed by atoms with E-state index in [-0.39, 0.29) is 31.8 Å². The molecule has 13 N–H and O–H groups in total. The zero-order valence-electron chi connectivity index (χ0n) is 29.1. The Morgan fingerprint density at radius 1 is 0.843 bits per heavy atom. The molecule has 0 aliphatic heterocycles. The van der Waals surface area contributed by atoms with E-state index in [0.717, 1.165) is 10.9 Å². The molecule has 0 saturated carbocycles. The second-order valence-electron chi connectivity index (χ2n) is 12.6. The molecule has 3 rings (SSSR count). The monoisotopic (exact) mass is 711 g/mol. The molecule has 18 nitrogen and oxygen atoms in total. The summed E-state index contributed by atoms with van der Waals surface area (Å²) in [6, 6.07) is 1.80. The van der Waals surface area contributed by atoms with Crippen LogP contribution in [0.15, 0.2) is 48.0 Å². The molecule has 0 fully saturated rings. The van der Waals surface area contributed by atoms with Gasteiger partial charge in [-0.15, -0.1) is 0 Å². The summed E-state index contributed by atoms with van der Waals surface area (Å²) in [5.74, 6) is -3.71. The molecule has 2 heterocycles. The van der Waals surface area contributed by atoms with Gasteiger partial charge in [-0.05, 0) is 37.3 Å². The average molecular weight is 712 g/mol. The number of nitrogens with two attached hydrogens (primary N) is 2. The molecule has 2 aromatic heterocycles. The quantitative estimate of drug-likeness (QED) is 0.0286. The maximum absolute atomic E-state index is 14.0. The van der Waals surface area contributed by atoms with Crippen LogP contribution in [0.1, 0.15) is 51.8 Å². The first kappa shape index (κ1) is 39.9. The van der Waals surface area contributed by atoms with Crippen molar-refractivity contribution < 1.29 is 34.2 Å². The van der Waals surface area contributed by atoms with Gasteiger partial charge in [-0.1, -0.05) is 32.0 Å². The lowest BCUT2D eigenvalue weighted by Crippen LogP contribution is -2.60. The molecule has 0 spiro atoms. The number of hydrogen-bond donors (Lipinski definition) is 11. The third-order valence-corrected chi connectivity index (χ3v) is 8.05. The molecule has 0 bridgehead atoms. The van der Waals surface area contributed by atoms with Gasteiger partial charge in [-0.25, -0.2) is 4.98 Å². The van der Waals surface area contributed by atoms with Gasteiger partial charge in [0.15, 0.2) is 12.2 Å². The number of guanidine groups is 1. The van der Waals surface area contributed by atoms with Crippen molar-refractivity contribution in [1.82, 2.24) is 41.5 Å². The van der Waals surface area contributed by atoms with Crippen LogP contribution in [0.5, 0.6) is 0 Å². The molecule has 3 aromatic rings. The number of H-pyrrole nitrogens is 2. The van der Waals surface area contributed by atoms with Gasteiger partial charge >= 0.3 is 0 Å². The SMILES string of the molecule is CC(=O)N[C@@H](CCCN=C(N)N)C(=O)N[C@H](C(=O)N[C@@H](Cc1c[nH]c2ccccc12)C(=O)N[C@@H](Cc1cnc[nH]1)C(=O)N[C@@H](C)C(O)O)C(C)C. The van der Waals surface area contributed by atoms with E-state index >= 15 is 0 Å². The lowest BCUT2D eigenvalue weighted by molar-refractivity contribution is -0.135. The van der Waals surface area contributed by atoms with Crippen molar-refractivity contribution in [2.24, 2.45) is 22.4 Å². The maximum atomic E-state index is 14.0. The van der Waals surface area contributed by atoms with Gasteiger partial charge in [-0.2, -0.15) is 0 Å². The van der Waals surface area contributed by atoms with E-state index in [1.807, 2.05) is 24.3 Å². The second kappa shape index (κ2) is 19.0. The topological polar surface area (TPSA) is 295 Å². The van der Waals surface area contributed by atoms with Gasteiger partial charge in [0.1, 0.15) is 24.2 Å². The summed E-state index contributed by atoms with van der Waals surface area (Å²) >= 11 is 0. The first-order valence-electron chi connectivity index (χ1n) is 16.6. The van der Waals surface area contributed by atoms with Gasteiger partial charge in [0.05, 0.1) is 12.4 Å². The Labute approximate surface area is 295 Å². The number of carbonyl (C=O) groups is 5. The minimum Gasteiger partial charge on any atom is -0.370 e. The Morgan fingerprint density at radius 2 is 1.49 bits per heavy atom. The number of hydrogen-bond acceptors (Lipinski definition) is 9. The Bertz CT molecular complexity index is 1650. The fraction of sp³-hybridized carbons (Fsp3) is 0.485. The number of nitrogens with zero attached hydrogens (tertiary/aromatic N) is 2. The highest BCUT2D eigenvalue weighted by Crippen LogP contribution is 2.20. The number of nitrogens with one attached hydrogen (secondary N) is 7. The van der Waals surface area contributed by atoms with Crippen LogP contribution in [-0.2, 0) is 36.8 Å². The van der Waals surface area contributed by atoms with E-state index in [1.165, 1.54) is 26.4 Å². The van der Waals surface area contributed by atoms with E-state index in [0.29, 0.717) is 17.7 Å². The second-order valence-corrected chi connectivity index (χ2v) is 12.6. The highest BCUT2D eigenvalue weighted by molar-refractivity contribution is 5.96. The first-order valence-corrected chi connectivity index (χ1v) is 16.6. The number of imidazole rings is 1. The molecule has 0 saturated heterocycles. The summed E-state index contributed by atoms with van der Waals surface area (Å²) in [7, 11) is 0. The number of rotatable bonds is 19. The predicted molar refractivity (Wildman–Crippen MR) is 188 cm³/mol. The van der Waals surface area contributed by atoms with E-state index < -0.39 is 72.0 Å². The fourth-order valence-electron chi connectivity index (χ4n) is 5.30. The number of aromatic amines is 2. The summed E-state index contributed by atoms with van der Waals surface area (Å²) < 4.78 is 0. The largest absolute Gasteiger partial charge is 0.370 e. The third-order valence-electron chi connectivity index (χ3n) is 8.05. The predicted octanol–water partition coefficient (Wildman–Crippen LogP) is -1.84. The number of amides is 5. The number of aromatic nitrogens is 3. The molecule has 5 amide bonds.